The van der Waals surface area contributed by atoms with E-state index in [0.29, 0.717) is 12.1 Å². The molecule has 0 unspecified atom stereocenters. The second kappa shape index (κ2) is 5.11. The molecule has 0 bridgehead atoms. The molecule has 0 fully saturated rings. The van der Waals surface area contributed by atoms with Crippen molar-refractivity contribution in [2.75, 3.05) is 7.11 Å². The van der Waals surface area contributed by atoms with Crippen molar-refractivity contribution in [1.29, 1.82) is 0 Å². The van der Waals surface area contributed by atoms with Crippen LogP contribution in [0.15, 0.2) is 23.9 Å². The van der Waals surface area contributed by atoms with Crippen LogP contribution in [0.2, 0.25) is 0 Å². The topological polar surface area (TPSA) is 87.2 Å². The fraction of sp³-hybridized carbons (Fsp3) is 0.300. The van der Waals surface area contributed by atoms with Crippen LogP contribution in [-0.4, -0.2) is 28.8 Å². The molecule has 1 aromatic heterocycles. The van der Waals surface area contributed by atoms with E-state index in [0.717, 1.165) is 0 Å². The first-order valence-corrected chi connectivity index (χ1v) is 4.63. The van der Waals surface area contributed by atoms with E-state index in [2.05, 4.69) is 9.84 Å². The number of hydrogen-bond donors (Lipinski definition) is 1. The fourth-order valence-electron chi connectivity index (χ4n) is 1.07. The molecule has 0 aliphatic carbocycles. The molecule has 1 aromatic rings. The van der Waals surface area contributed by atoms with E-state index >= 15 is 0 Å². The maximum absolute atomic E-state index is 11.1. The van der Waals surface area contributed by atoms with Crippen LogP contribution in [0.25, 0.3) is 0 Å². The van der Waals surface area contributed by atoms with Gasteiger partial charge in [-0.3, -0.25) is 9.48 Å². The predicted octanol–water partition coefficient (Wildman–Crippen LogP) is 0.101. The third-order valence-electron chi connectivity index (χ3n) is 1.99. The summed E-state index contributed by atoms with van der Waals surface area (Å²) in [6.07, 6.45) is 3.27. The minimum atomic E-state index is -0.576. The average molecular weight is 223 g/mol. The van der Waals surface area contributed by atoms with Gasteiger partial charge in [0.25, 0.3) is 5.91 Å². The molecule has 0 radical (unpaired) electrons. The lowest BCUT2D eigenvalue weighted by molar-refractivity contribution is -0.136. The molecule has 1 rings (SSSR count). The van der Waals surface area contributed by atoms with Crippen LogP contribution < -0.4 is 5.73 Å². The Morgan fingerprint density at radius 1 is 1.62 bits per heavy atom. The van der Waals surface area contributed by atoms with Crippen molar-refractivity contribution in [2.45, 2.75) is 13.5 Å². The number of esters is 1. The van der Waals surface area contributed by atoms with Crippen molar-refractivity contribution in [3.63, 3.8) is 0 Å². The molecule has 0 saturated carbocycles. The van der Waals surface area contributed by atoms with Gasteiger partial charge in [-0.25, -0.2) is 4.79 Å². The summed E-state index contributed by atoms with van der Waals surface area (Å²) in [5, 5.41) is 3.91. The molecular formula is C10H13N3O3. The Balaban J connectivity index is 2.67. The van der Waals surface area contributed by atoms with E-state index in [1.807, 2.05) is 0 Å². The second-order valence-electron chi connectivity index (χ2n) is 3.17. The highest BCUT2D eigenvalue weighted by molar-refractivity contribution is 5.90. The minimum Gasteiger partial charge on any atom is -0.466 e. The van der Waals surface area contributed by atoms with Crippen molar-refractivity contribution in [1.82, 2.24) is 9.78 Å². The number of carbonyl (C=O) groups is 2. The summed E-state index contributed by atoms with van der Waals surface area (Å²) in [5.74, 6) is -0.963. The third kappa shape index (κ3) is 2.94. The first-order valence-electron chi connectivity index (χ1n) is 4.63. The summed E-state index contributed by atoms with van der Waals surface area (Å²) in [5.41, 5.74) is 5.73. The van der Waals surface area contributed by atoms with E-state index in [1.54, 1.807) is 19.2 Å². The van der Waals surface area contributed by atoms with Gasteiger partial charge in [0, 0.05) is 11.8 Å². The highest BCUT2D eigenvalue weighted by Gasteiger charge is 2.05. The molecule has 6 nitrogen and oxygen atoms in total. The van der Waals surface area contributed by atoms with Gasteiger partial charge in [-0.1, -0.05) is 6.08 Å². The molecule has 1 amide bonds. The Bertz CT molecular complexity index is 434. The first-order chi connectivity index (χ1) is 7.54. The third-order valence-corrected chi connectivity index (χ3v) is 1.99. The molecule has 0 atom stereocenters. The van der Waals surface area contributed by atoms with Crippen molar-refractivity contribution >= 4 is 11.9 Å². The van der Waals surface area contributed by atoms with Crippen LogP contribution in [0.3, 0.4) is 0 Å². The number of allylic oxidation sites excluding steroid dienone is 1. The van der Waals surface area contributed by atoms with Crippen LogP contribution in [0.4, 0.5) is 0 Å². The SMILES string of the molecule is COC(=O)C(C)=CCn1ccc(C(N)=O)n1. The van der Waals surface area contributed by atoms with E-state index in [1.165, 1.54) is 17.9 Å². The average Bonchev–Trinajstić information content (AvgIpc) is 2.73. The van der Waals surface area contributed by atoms with Gasteiger partial charge in [0.2, 0.25) is 0 Å². The molecule has 2 N–H and O–H groups in total. The molecule has 86 valence electrons. The van der Waals surface area contributed by atoms with E-state index < -0.39 is 5.91 Å². The standard InChI is InChI=1S/C10H13N3O3/c1-7(10(15)16-2)3-5-13-6-4-8(12-13)9(11)14/h3-4,6H,5H2,1-2H3,(H2,11,14). The van der Waals surface area contributed by atoms with Crippen molar-refractivity contribution < 1.29 is 14.3 Å². The van der Waals surface area contributed by atoms with Crippen molar-refractivity contribution in [3.05, 3.63) is 29.6 Å². The maximum atomic E-state index is 11.1. The van der Waals surface area contributed by atoms with Gasteiger partial charge >= 0.3 is 5.97 Å². The van der Waals surface area contributed by atoms with Crippen LogP contribution in [0.1, 0.15) is 17.4 Å². The number of hydrogen-bond acceptors (Lipinski definition) is 4. The number of nitrogens with two attached hydrogens (primary N) is 1. The van der Waals surface area contributed by atoms with E-state index in [4.69, 9.17) is 5.73 Å². The number of amides is 1. The van der Waals surface area contributed by atoms with Crippen LogP contribution in [0.5, 0.6) is 0 Å². The summed E-state index contributed by atoms with van der Waals surface area (Å²) in [6, 6.07) is 1.52. The van der Waals surface area contributed by atoms with Crippen LogP contribution >= 0.6 is 0 Å². The largest absolute Gasteiger partial charge is 0.466 e. The van der Waals surface area contributed by atoms with Gasteiger partial charge in [-0.05, 0) is 13.0 Å². The summed E-state index contributed by atoms with van der Waals surface area (Å²) < 4.78 is 6.04. The number of nitrogens with zero attached hydrogens (tertiary/aromatic N) is 2. The zero-order valence-electron chi connectivity index (χ0n) is 9.14. The van der Waals surface area contributed by atoms with Gasteiger partial charge in [-0.15, -0.1) is 0 Å². The van der Waals surface area contributed by atoms with Gasteiger partial charge in [0.15, 0.2) is 0 Å². The quantitative estimate of drug-likeness (QED) is 0.579. The normalized spacial score (nSPS) is 11.2. The maximum Gasteiger partial charge on any atom is 0.333 e. The van der Waals surface area contributed by atoms with Gasteiger partial charge < -0.3 is 10.5 Å². The number of primary amides is 1. The number of methoxy groups -OCH3 is 1. The predicted molar refractivity (Wildman–Crippen MR) is 56.5 cm³/mol. The molecular weight excluding hydrogens is 210 g/mol. The second-order valence-corrected chi connectivity index (χ2v) is 3.17. The number of ether oxygens (including phenoxy) is 1. The molecule has 1 heterocycles. The number of rotatable bonds is 4. The highest BCUT2D eigenvalue weighted by Crippen LogP contribution is 1.99. The van der Waals surface area contributed by atoms with E-state index in [-0.39, 0.29) is 11.7 Å². The molecule has 0 saturated heterocycles. The minimum absolute atomic E-state index is 0.198. The van der Waals surface area contributed by atoms with Crippen LogP contribution in [0, 0.1) is 0 Å². The Morgan fingerprint density at radius 3 is 2.81 bits per heavy atom. The lowest BCUT2D eigenvalue weighted by atomic mass is 10.3. The van der Waals surface area contributed by atoms with Gasteiger partial charge in [0.05, 0.1) is 13.7 Å². The Labute approximate surface area is 92.7 Å². The summed E-state index contributed by atoms with van der Waals surface area (Å²) in [6.45, 7) is 2.03. The Morgan fingerprint density at radius 2 is 2.31 bits per heavy atom. The fourth-order valence-corrected chi connectivity index (χ4v) is 1.07. The van der Waals surface area contributed by atoms with Gasteiger partial charge in [-0.2, -0.15) is 5.10 Å². The molecule has 0 aliphatic rings. The molecule has 16 heavy (non-hydrogen) atoms. The zero-order chi connectivity index (χ0) is 12.1. The first kappa shape index (κ1) is 12.0. The summed E-state index contributed by atoms with van der Waals surface area (Å²) in [4.78, 5) is 21.8. The van der Waals surface area contributed by atoms with Crippen LogP contribution in [-0.2, 0) is 16.1 Å². The van der Waals surface area contributed by atoms with E-state index in [9.17, 15) is 9.59 Å². The molecule has 0 aliphatic heterocycles. The highest BCUT2D eigenvalue weighted by atomic mass is 16.5. The number of aromatic nitrogens is 2. The monoisotopic (exact) mass is 223 g/mol. The summed E-state index contributed by atoms with van der Waals surface area (Å²) in [7, 11) is 1.32. The zero-order valence-corrected chi connectivity index (χ0v) is 9.14. The molecule has 0 aromatic carbocycles. The Hall–Kier alpha value is -2.11. The molecule has 6 heteroatoms. The smallest absolute Gasteiger partial charge is 0.333 e. The van der Waals surface area contributed by atoms with Crippen molar-refractivity contribution in [3.8, 4) is 0 Å². The lowest BCUT2D eigenvalue weighted by Gasteiger charge is -1.99. The number of carbonyl (C=O) groups excluding carboxylic acids is 2. The van der Waals surface area contributed by atoms with Gasteiger partial charge in [0.1, 0.15) is 5.69 Å². The van der Waals surface area contributed by atoms with Crippen molar-refractivity contribution in [2.24, 2.45) is 5.73 Å². The summed E-state index contributed by atoms with van der Waals surface area (Å²) >= 11 is 0. The Kier molecular flexibility index (Phi) is 3.82. The molecule has 0 spiro atoms. The lowest BCUT2D eigenvalue weighted by Crippen LogP contribution is -2.12.